The molecule has 0 saturated carbocycles. The fourth-order valence-electron chi connectivity index (χ4n) is 3.02. The third-order valence-corrected chi connectivity index (χ3v) is 4.38. The first kappa shape index (κ1) is 20.4. The number of hydrogen-bond acceptors (Lipinski definition) is 6. The zero-order valence-corrected chi connectivity index (χ0v) is 16.9. The van der Waals surface area contributed by atoms with Crippen LogP contribution in [0.25, 0.3) is 0 Å². The van der Waals surface area contributed by atoms with Gasteiger partial charge in [-0.15, -0.1) is 0 Å². The molecular formula is C21H26N4O4. The number of anilines is 1. The van der Waals surface area contributed by atoms with E-state index < -0.39 is 11.5 Å². The number of hydrogen-bond donors (Lipinski definition) is 1. The summed E-state index contributed by atoms with van der Waals surface area (Å²) in [5, 5.41) is 0. The Kier molecular flexibility index (Phi) is 5.91. The van der Waals surface area contributed by atoms with Crippen molar-refractivity contribution in [3.05, 3.63) is 48.2 Å². The van der Waals surface area contributed by atoms with E-state index in [-0.39, 0.29) is 17.5 Å². The van der Waals surface area contributed by atoms with Gasteiger partial charge in [0.1, 0.15) is 11.2 Å². The van der Waals surface area contributed by atoms with Crippen molar-refractivity contribution in [1.29, 1.82) is 0 Å². The number of carbonyl (C=O) groups is 2. The zero-order chi connectivity index (χ0) is 21.0. The molecule has 0 radical (unpaired) electrons. The number of pyridine rings is 1. The van der Waals surface area contributed by atoms with Gasteiger partial charge in [0.05, 0.1) is 5.69 Å². The SMILES string of the molecule is CC(C)(C)OC(=O)N1CCN(c2ccccc2Oc2ncccc2C(N)=O)CC1. The van der Waals surface area contributed by atoms with Crippen LogP contribution in [0.5, 0.6) is 11.6 Å². The molecule has 0 unspecified atom stereocenters. The van der Waals surface area contributed by atoms with Gasteiger partial charge in [-0.3, -0.25) is 4.79 Å². The number of rotatable bonds is 4. The third-order valence-electron chi connectivity index (χ3n) is 4.38. The number of nitrogens with two attached hydrogens (primary N) is 1. The second kappa shape index (κ2) is 8.38. The first-order chi connectivity index (χ1) is 13.7. The van der Waals surface area contributed by atoms with Crippen molar-refractivity contribution in [2.75, 3.05) is 31.1 Å². The van der Waals surface area contributed by atoms with Crippen LogP contribution >= 0.6 is 0 Å². The topological polar surface area (TPSA) is 98.0 Å². The molecule has 1 saturated heterocycles. The van der Waals surface area contributed by atoms with E-state index in [2.05, 4.69) is 9.88 Å². The molecule has 2 N–H and O–H groups in total. The number of ether oxygens (including phenoxy) is 2. The molecule has 8 heteroatoms. The molecule has 1 aliphatic rings. The molecule has 29 heavy (non-hydrogen) atoms. The number of para-hydroxylation sites is 2. The highest BCUT2D eigenvalue weighted by molar-refractivity contribution is 5.95. The Labute approximate surface area is 170 Å². The van der Waals surface area contributed by atoms with Gasteiger partial charge in [0.25, 0.3) is 5.91 Å². The molecule has 1 aliphatic heterocycles. The lowest BCUT2D eigenvalue weighted by molar-refractivity contribution is 0.0240. The molecular weight excluding hydrogens is 372 g/mol. The summed E-state index contributed by atoms with van der Waals surface area (Å²) in [7, 11) is 0. The average Bonchev–Trinajstić information content (AvgIpc) is 2.67. The highest BCUT2D eigenvalue weighted by Crippen LogP contribution is 2.33. The zero-order valence-electron chi connectivity index (χ0n) is 16.9. The lowest BCUT2D eigenvalue weighted by atomic mass is 10.2. The van der Waals surface area contributed by atoms with E-state index in [0.29, 0.717) is 31.9 Å². The summed E-state index contributed by atoms with van der Waals surface area (Å²) in [5.74, 6) is 0.135. The van der Waals surface area contributed by atoms with Gasteiger partial charge in [0.15, 0.2) is 5.75 Å². The Bertz CT molecular complexity index is 886. The number of aromatic nitrogens is 1. The highest BCUT2D eigenvalue weighted by atomic mass is 16.6. The predicted molar refractivity (Wildman–Crippen MR) is 109 cm³/mol. The summed E-state index contributed by atoms with van der Waals surface area (Å²) in [6, 6.07) is 10.7. The summed E-state index contributed by atoms with van der Waals surface area (Å²) in [6.45, 7) is 7.90. The summed E-state index contributed by atoms with van der Waals surface area (Å²) in [4.78, 5) is 31.9. The van der Waals surface area contributed by atoms with Gasteiger partial charge in [-0.2, -0.15) is 0 Å². The quantitative estimate of drug-likeness (QED) is 0.850. The monoisotopic (exact) mass is 398 g/mol. The van der Waals surface area contributed by atoms with Gasteiger partial charge in [-0.05, 0) is 45.0 Å². The van der Waals surface area contributed by atoms with E-state index in [1.165, 1.54) is 0 Å². The molecule has 0 bridgehead atoms. The van der Waals surface area contributed by atoms with E-state index in [0.717, 1.165) is 5.69 Å². The van der Waals surface area contributed by atoms with Crippen LogP contribution < -0.4 is 15.4 Å². The van der Waals surface area contributed by atoms with E-state index in [4.69, 9.17) is 15.2 Å². The van der Waals surface area contributed by atoms with Gasteiger partial charge in [-0.25, -0.2) is 9.78 Å². The molecule has 3 rings (SSSR count). The van der Waals surface area contributed by atoms with Gasteiger partial charge in [-0.1, -0.05) is 12.1 Å². The van der Waals surface area contributed by atoms with Crippen molar-refractivity contribution < 1.29 is 19.1 Å². The van der Waals surface area contributed by atoms with Gasteiger partial charge in [0.2, 0.25) is 5.88 Å². The fraction of sp³-hybridized carbons (Fsp3) is 0.381. The van der Waals surface area contributed by atoms with Crippen molar-refractivity contribution >= 4 is 17.7 Å². The molecule has 8 nitrogen and oxygen atoms in total. The van der Waals surface area contributed by atoms with Crippen LogP contribution in [0.2, 0.25) is 0 Å². The Morgan fingerprint density at radius 3 is 2.38 bits per heavy atom. The van der Waals surface area contributed by atoms with Crippen LogP contribution in [0.3, 0.4) is 0 Å². The smallest absolute Gasteiger partial charge is 0.410 e. The second-order valence-electron chi connectivity index (χ2n) is 7.74. The Hall–Kier alpha value is -3.29. The van der Waals surface area contributed by atoms with Crippen LogP contribution in [-0.2, 0) is 4.74 Å². The number of amides is 2. The van der Waals surface area contributed by atoms with Crippen LogP contribution in [0, 0.1) is 0 Å². The number of primary amides is 1. The van der Waals surface area contributed by atoms with Crippen LogP contribution in [0.15, 0.2) is 42.6 Å². The summed E-state index contributed by atoms with van der Waals surface area (Å²) < 4.78 is 11.4. The van der Waals surface area contributed by atoms with Crippen LogP contribution in [0.1, 0.15) is 31.1 Å². The molecule has 2 heterocycles. The highest BCUT2D eigenvalue weighted by Gasteiger charge is 2.27. The molecule has 1 aromatic heterocycles. The number of carbonyl (C=O) groups excluding carboxylic acids is 2. The Morgan fingerprint density at radius 1 is 1.03 bits per heavy atom. The fourth-order valence-corrected chi connectivity index (χ4v) is 3.02. The van der Waals surface area contributed by atoms with Gasteiger partial charge < -0.3 is 25.0 Å². The number of nitrogens with zero attached hydrogens (tertiary/aromatic N) is 3. The van der Waals surface area contributed by atoms with Crippen LogP contribution in [0.4, 0.5) is 10.5 Å². The molecule has 2 amide bonds. The van der Waals surface area contributed by atoms with Gasteiger partial charge >= 0.3 is 6.09 Å². The Morgan fingerprint density at radius 2 is 1.72 bits per heavy atom. The standard InChI is InChI=1S/C21H26N4O4/c1-21(2,3)29-20(27)25-13-11-24(12-14-25)16-8-4-5-9-17(16)28-19-15(18(22)26)7-6-10-23-19/h4-10H,11-14H2,1-3H3,(H2,22,26). The first-order valence-electron chi connectivity index (χ1n) is 9.49. The predicted octanol–water partition coefficient (Wildman–Crippen LogP) is 3.03. The first-order valence-corrected chi connectivity index (χ1v) is 9.49. The van der Waals surface area contributed by atoms with Crippen molar-refractivity contribution in [2.45, 2.75) is 26.4 Å². The van der Waals surface area contributed by atoms with Crippen molar-refractivity contribution in [3.8, 4) is 11.6 Å². The van der Waals surface area contributed by atoms with E-state index >= 15 is 0 Å². The Balaban J connectivity index is 1.73. The summed E-state index contributed by atoms with van der Waals surface area (Å²) >= 11 is 0. The maximum atomic E-state index is 12.3. The molecule has 0 spiro atoms. The molecule has 2 aromatic rings. The van der Waals surface area contributed by atoms with Gasteiger partial charge in [0, 0.05) is 32.4 Å². The molecule has 154 valence electrons. The van der Waals surface area contributed by atoms with Crippen molar-refractivity contribution in [2.24, 2.45) is 5.73 Å². The summed E-state index contributed by atoms with van der Waals surface area (Å²) in [5.41, 5.74) is 5.98. The van der Waals surface area contributed by atoms with Crippen molar-refractivity contribution in [3.63, 3.8) is 0 Å². The largest absolute Gasteiger partial charge is 0.444 e. The maximum absolute atomic E-state index is 12.3. The lowest BCUT2D eigenvalue weighted by Gasteiger charge is -2.37. The van der Waals surface area contributed by atoms with Crippen LogP contribution in [-0.4, -0.2) is 53.7 Å². The minimum Gasteiger partial charge on any atom is -0.444 e. The molecule has 0 aliphatic carbocycles. The maximum Gasteiger partial charge on any atom is 0.410 e. The molecule has 1 fully saturated rings. The molecule has 1 aromatic carbocycles. The minimum atomic E-state index is -0.600. The third kappa shape index (κ3) is 5.16. The number of piperazine rings is 1. The minimum absolute atomic E-state index is 0.167. The normalized spacial score (nSPS) is 14.4. The van der Waals surface area contributed by atoms with E-state index in [1.807, 2.05) is 45.0 Å². The summed E-state index contributed by atoms with van der Waals surface area (Å²) in [6.07, 6.45) is 1.24. The van der Waals surface area contributed by atoms with Crippen molar-refractivity contribution in [1.82, 2.24) is 9.88 Å². The lowest BCUT2D eigenvalue weighted by Crippen LogP contribution is -2.50. The van der Waals surface area contributed by atoms with E-state index in [1.54, 1.807) is 23.2 Å². The van der Waals surface area contributed by atoms with E-state index in [9.17, 15) is 9.59 Å². The molecule has 0 atom stereocenters. The second-order valence-corrected chi connectivity index (χ2v) is 7.74. The number of benzene rings is 1. The average molecular weight is 398 g/mol.